The van der Waals surface area contributed by atoms with E-state index in [0.29, 0.717) is 0 Å². The Morgan fingerprint density at radius 3 is 2.61 bits per heavy atom. The molecule has 0 spiro atoms. The lowest BCUT2D eigenvalue weighted by Crippen LogP contribution is -2.03. The molecule has 1 aromatic heterocycles. The highest BCUT2D eigenvalue weighted by Gasteiger charge is 2.20. The fourth-order valence-electron chi connectivity index (χ4n) is 1.57. The zero-order valence-electron chi connectivity index (χ0n) is 9.18. The zero-order valence-corrected chi connectivity index (χ0v) is 9.18. The molecule has 0 radical (unpaired) electrons. The van der Waals surface area contributed by atoms with Crippen molar-refractivity contribution in [3.63, 3.8) is 0 Å². The zero-order chi connectivity index (χ0) is 13.1. The minimum atomic E-state index is -2.83. The molecule has 0 amide bonds. The van der Waals surface area contributed by atoms with Gasteiger partial charge in [0.25, 0.3) is 6.43 Å². The van der Waals surface area contributed by atoms with E-state index in [9.17, 15) is 18.7 Å². The van der Waals surface area contributed by atoms with E-state index >= 15 is 0 Å². The standard InChI is InChI=1S/C13H9F2NO2/c14-13(15)10-5-1-4-9(12(10)18)11(17)8-3-2-6-16-7-8/h1-7,13,18H. The third-order valence-electron chi connectivity index (χ3n) is 2.47. The third kappa shape index (κ3) is 2.20. The summed E-state index contributed by atoms with van der Waals surface area (Å²) in [5, 5.41) is 9.67. The molecular formula is C13H9F2NO2. The summed E-state index contributed by atoms with van der Waals surface area (Å²) in [5.74, 6) is -1.22. The van der Waals surface area contributed by atoms with Crippen LogP contribution in [0, 0.1) is 0 Å². The number of phenols is 1. The van der Waals surface area contributed by atoms with Crippen molar-refractivity contribution in [2.24, 2.45) is 0 Å². The Hall–Kier alpha value is -2.30. The van der Waals surface area contributed by atoms with Crippen LogP contribution in [-0.2, 0) is 0 Å². The van der Waals surface area contributed by atoms with Crippen LogP contribution < -0.4 is 0 Å². The molecule has 0 bridgehead atoms. The van der Waals surface area contributed by atoms with Crippen LogP contribution in [0.1, 0.15) is 27.9 Å². The van der Waals surface area contributed by atoms with Gasteiger partial charge in [-0.05, 0) is 24.3 Å². The Kier molecular flexibility index (Phi) is 3.32. The summed E-state index contributed by atoms with van der Waals surface area (Å²) in [4.78, 5) is 15.8. The second-order valence-corrected chi connectivity index (χ2v) is 3.61. The van der Waals surface area contributed by atoms with E-state index in [-0.39, 0.29) is 11.1 Å². The average Bonchev–Trinajstić information content (AvgIpc) is 2.39. The van der Waals surface area contributed by atoms with Gasteiger partial charge in [0.1, 0.15) is 5.75 Å². The second-order valence-electron chi connectivity index (χ2n) is 3.61. The van der Waals surface area contributed by atoms with E-state index < -0.39 is 23.5 Å². The van der Waals surface area contributed by atoms with Crippen molar-refractivity contribution >= 4 is 5.78 Å². The number of pyridine rings is 1. The lowest BCUT2D eigenvalue weighted by molar-refractivity contribution is 0.103. The molecule has 1 aromatic carbocycles. The number of hydrogen-bond donors (Lipinski definition) is 1. The number of carbonyl (C=O) groups excluding carboxylic acids is 1. The summed E-state index contributed by atoms with van der Waals surface area (Å²) in [6.07, 6.45) is -0.0186. The Bertz CT molecular complexity index is 570. The molecule has 2 aromatic rings. The average molecular weight is 249 g/mol. The van der Waals surface area contributed by atoms with Gasteiger partial charge in [0.15, 0.2) is 5.78 Å². The fourth-order valence-corrected chi connectivity index (χ4v) is 1.57. The number of nitrogens with zero attached hydrogens (tertiary/aromatic N) is 1. The summed E-state index contributed by atoms with van der Waals surface area (Å²) < 4.78 is 25.2. The van der Waals surface area contributed by atoms with Crippen molar-refractivity contribution in [2.45, 2.75) is 6.43 Å². The van der Waals surface area contributed by atoms with Crippen LogP contribution in [0.4, 0.5) is 8.78 Å². The van der Waals surface area contributed by atoms with Crippen molar-refractivity contribution in [1.82, 2.24) is 4.98 Å². The molecular weight excluding hydrogens is 240 g/mol. The van der Waals surface area contributed by atoms with Crippen LogP contribution in [0.5, 0.6) is 5.75 Å². The molecule has 0 saturated heterocycles. The highest BCUT2D eigenvalue weighted by molar-refractivity contribution is 6.10. The van der Waals surface area contributed by atoms with E-state index in [2.05, 4.69) is 4.98 Å². The maximum atomic E-state index is 12.6. The van der Waals surface area contributed by atoms with E-state index in [1.807, 2.05) is 0 Å². The van der Waals surface area contributed by atoms with Gasteiger partial charge in [-0.1, -0.05) is 6.07 Å². The Balaban J connectivity index is 2.47. The monoisotopic (exact) mass is 249 g/mol. The normalized spacial score (nSPS) is 10.6. The van der Waals surface area contributed by atoms with Crippen molar-refractivity contribution in [3.05, 3.63) is 59.4 Å². The molecule has 0 unspecified atom stereocenters. The molecule has 5 heteroatoms. The van der Waals surface area contributed by atoms with Crippen molar-refractivity contribution < 1.29 is 18.7 Å². The number of rotatable bonds is 3. The van der Waals surface area contributed by atoms with Crippen LogP contribution >= 0.6 is 0 Å². The predicted octanol–water partition coefficient (Wildman–Crippen LogP) is 2.96. The number of ketones is 1. The van der Waals surface area contributed by atoms with Crippen LogP contribution in [-0.4, -0.2) is 15.9 Å². The maximum Gasteiger partial charge on any atom is 0.267 e. The van der Waals surface area contributed by atoms with Crippen molar-refractivity contribution in [2.75, 3.05) is 0 Å². The number of carbonyl (C=O) groups is 1. The lowest BCUT2D eigenvalue weighted by Gasteiger charge is -2.08. The molecule has 2 rings (SSSR count). The van der Waals surface area contributed by atoms with Gasteiger partial charge in [0.05, 0.1) is 11.1 Å². The minimum Gasteiger partial charge on any atom is -0.507 e. The highest BCUT2D eigenvalue weighted by atomic mass is 19.3. The number of para-hydroxylation sites is 1. The number of hydrogen-bond acceptors (Lipinski definition) is 3. The SMILES string of the molecule is O=C(c1cccnc1)c1cccc(C(F)F)c1O. The van der Waals surface area contributed by atoms with Gasteiger partial charge in [-0.15, -0.1) is 0 Å². The van der Waals surface area contributed by atoms with Gasteiger partial charge in [0, 0.05) is 18.0 Å². The van der Waals surface area contributed by atoms with Crippen LogP contribution in [0.25, 0.3) is 0 Å². The van der Waals surface area contributed by atoms with Crippen LogP contribution in [0.3, 0.4) is 0 Å². The molecule has 0 aliphatic carbocycles. The van der Waals surface area contributed by atoms with Crippen molar-refractivity contribution in [3.8, 4) is 5.75 Å². The summed E-state index contributed by atoms with van der Waals surface area (Å²) >= 11 is 0. The van der Waals surface area contributed by atoms with Gasteiger partial charge in [-0.2, -0.15) is 0 Å². The third-order valence-corrected chi connectivity index (χ3v) is 2.47. The number of alkyl halides is 2. The smallest absolute Gasteiger partial charge is 0.267 e. The number of halogens is 2. The van der Waals surface area contributed by atoms with Crippen LogP contribution in [0.2, 0.25) is 0 Å². The number of phenolic OH excluding ortho intramolecular Hbond substituents is 1. The molecule has 0 aliphatic heterocycles. The first kappa shape index (κ1) is 12.2. The first-order valence-electron chi connectivity index (χ1n) is 5.16. The molecule has 0 fully saturated rings. The number of aromatic hydroxyl groups is 1. The molecule has 92 valence electrons. The lowest BCUT2D eigenvalue weighted by atomic mass is 10.0. The topological polar surface area (TPSA) is 50.2 Å². The quantitative estimate of drug-likeness (QED) is 0.851. The Labute approximate surface area is 102 Å². The van der Waals surface area contributed by atoms with Gasteiger partial charge < -0.3 is 5.11 Å². The second kappa shape index (κ2) is 4.91. The molecule has 1 N–H and O–H groups in total. The summed E-state index contributed by atoms with van der Waals surface area (Å²) in [6.45, 7) is 0. The molecule has 0 atom stereocenters. The minimum absolute atomic E-state index is 0.152. The molecule has 1 heterocycles. The largest absolute Gasteiger partial charge is 0.507 e. The summed E-state index contributed by atoms with van der Waals surface area (Å²) in [7, 11) is 0. The van der Waals surface area contributed by atoms with Gasteiger partial charge in [0.2, 0.25) is 0 Å². The number of aromatic nitrogens is 1. The molecule has 0 aliphatic rings. The number of benzene rings is 1. The fraction of sp³-hybridized carbons (Fsp3) is 0.0769. The first-order valence-corrected chi connectivity index (χ1v) is 5.16. The van der Waals surface area contributed by atoms with E-state index in [1.54, 1.807) is 6.07 Å². The van der Waals surface area contributed by atoms with Crippen molar-refractivity contribution in [1.29, 1.82) is 0 Å². The molecule has 3 nitrogen and oxygen atoms in total. The van der Waals surface area contributed by atoms with Crippen LogP contribution in [0.15, 0.2) is 42.7 Å². The first-order chi connectivity index (χ1) is 8.61. The Morgan fingerprint density at radius 2 is 2.00 bits per heavy atom. The maximum absolute atomic E-state index is 12.6. The van der Waals surface area contributed by atoms with Gasteiger partial charge in [-0.25, -0.2) is 8.78 Å². The molecule has 18 heavy (non-hydrogen) atoms. The molecule has 0 saturated carbocycles. The van der Waals surface area contributed by atoms with E-state index in [0.717, 1.165) is 6.07 Å². The summed E-state index contributed by atoms with van der Waals surface area (Å²) in [5.41, 5.74) is -0.468. The van der Waals surface area contributed by atoms with E-state index in [4.69, 9.17) is 0 Å². The Morgan fingerprint density at radius 1 is 1.22 bits per heavy atom. The van der Waals surface area contributed by atoms with E-state index in [1.165, 1.54) is 30.6 Å². The summed E-state index contributed by atoms with van der Waals surface area (Å²) in [6, 6.07) is 6.76. The van der Waals surface area contributed by atoms with Gasteiger partial charge >= 0.3 is 0 Å². The van der Waals surface area contributed by atoms with Gasteiger partial charge in [-0.3, -0.25) is 9.78 Å². The predicted molar refractivity (Wildman–Crippen MR) is 60.7 cm³/mol. The highest BCUT2D eigenvalue weighted by Crippen LogP contribution is 2.31.